The molecule has 2 aromatic heterocycles. The van der Waals surface area contributed by atoms with Crippen LogP contribution in [-0.4, -0.2) is 4.98 Å². The number of para-hydroxylation sites is 4. The summed E-state index contributed by atoms with van der Waals surface area (Å²) in [6.45, 7) is 0. The molecular formula is C54H36N2O. The molecule has 0 saturated carbocycles. The lowest BCUT2D eigenvalue weighted by atomic mass is 9.85. The first-order valence-electron chi connectivity index (χ1n) is 19.4. The molecule has 0 aliphatic heterocycles. The molecule has 3 heteroatoms. The van der Waals surface area contributed by atoms with Gasteiger partial charge in [-0.15, -0.1) is 0 Å². The van der Waals surface area contributed by atoms with Crippen molar-refractivity contribution >= 4 is 60.8 Å². The second-order valence-electron chi connectivity index (χ2n) is 14.5. The molecule has 0 spiro atoms. The third-order valence-electron chi connectivity index (χ3n) is 11.2. The van der Waals surface area contributed by atoms with Crippen LogP contribution in [0, 0.1) is 0 Å². The topological polar surface area (TPSA) is 32.2 Å². The Balaban J connectivity index is 1.32. The molecule has 11 aromatic rings. The lowest BCUT2D eigenvalue weighted by Gasteiger charge is -2.31. The molecule has 1 N–H and O–H groups in total. The summed E-state index contributed by atoms with van der Waals surface area (Å²) in [7, 11) is 0. The van der Waals surface area contributed by atoms with Crippen molar-refractivity contribution in [3.05, 3.63) is 212 Å². The Morgan fingerprint density at radius 1 is 0.351 bits per heavy atom. The molecule has 57 heavy (non-hydrogen) atoms. The predicted molar refractivity (Wildman–Crippen MR) is 240 cm³/mol. The average Bonchev–Trinajstić information content (AvgIpc) is 3.86. The van der Waals surface area contributed by atoms with E-state index in [9.17, 15) is 0 Å². The maximum absolute atomic E-state index is 6.59. The van der Waals surface area contributed by atoms with Crippen LogP contribution >= 0.6 is 0 Å². The van der Waals surface area contributed by atoms with Gasteiger partial charge in [-0.1, -0.05) is 170 Å². The van der Waals surface area contributed by atoms with Crippen molar-refractivity contribution in [1.29, 1.82) is 0 Å². The fraction of sp³-hybridized carbons (Fsp3) is 0. The van der Waals surface area contributed by atoms with Crippen molar-refractivity contribution in [2.75, 3.05) is 4.90 Å². The highest BCUT2D eigenvalue weighted by molar-refractivity contribution is 6.20. The first kappa shape index (κ1) is 32.8. The third-order valence-corrected chi connectivity index (χ3v) is 11.2. The van der Waals surface area contributed by atoms with Crippen LogP contribution in [0.25, 0.3) is 88.3 Å². The second-order valence-corrected chi connectivity index (χ2v) is 14.5. The number of rotatable bonds is 7. The summed E-state index contributed by atoms with van der Waals surface area (Å²) in [5, 5.41) is 4.58. The number of aromatic amines is 1. The van der Waals surface area contributed by atoms with E-state index in [0.717, 1.165) is 94.5 Å². The van der Waals surface area contributed by atoms with Crippen LogP contribution in [0.5, 0.6) is 0 Å². The normalized spacial score (nSPS) is 11.5. The second kappa shape index (κ2) is 13.6. The van der Waals surface area contributed by atoms with Gasteiger partial charge in [0.15, 0.2) is 0 Å². The molecule has 0 atom stereocenters. The molecule has 0 radical (unpaired) electrons. The quantitative estimate of drug-likeness (QED) is 0.177. The molecule has 0 amide bonds. The zero-order valence-electron chi connectivity index (χ0n) is 31.1. The van der Waals surface area contributed by atoms with Gasteiger partial charge in [0.1, 0.15) is 11.2 Å². The van der Waals surface area contributed by atoms with Crippen molar-refractivity contribution in [1.82, 2.24) is 4.98 Å². The van der Waals surface area contributed by atoms with Crippen LogP contribution in [0.3, 0.4) is 0 Å². The lowest BCUT2D eigenvalue weighted by molar-refractivity contribution is 0.669. The molecule has 0 aliphatic rings. The summed E-state index contributed by atoms with van der Waals surface area (Å²) in [5.41, 5.74) is 16.3. The lowest BCUT2D eigenvalue weighted by Crippen LogP contribution is -2.13. The maximum atomic E-state index is 6.59. The van der Waals surface area contributed by atoms with Crippen LogP contribution in [0.15, 0.2) is 217 Å². The minimum atomic E-state index is 0.859. The monoisotopic (exact) mass is 728 g/mol. The van der Waals surface area contributed by atoms with E-state index in [1.165, 1.54) is 10.8 Å². The van der Waals surface area contributed by atoms with Gasteiger partial charge in [0.25, 0.3) is 0 Å². The van der Waals surface area contributed by atoms with Crippen LogP contribution < -0.4 is 4.90 Å². The van der Waals surface area contributed by atoms with Gasteiger partial charge in [0, 0.05) is 49.4 Å². The van der Waals surface area contributed by atoms with E-state index in [1.807, 2.05) is 6.07 Å². The van der Waals surface area contributed by atoms with Gasteiger partial charge >= 0.3 is 0 Å². The highest BCUT2D eigenvalue weighted by atomic mass is 16.3. The zero-order chi connectivity index (χ0) is 37.7. The van der Waals surface area contributed by atoms with E-state index in [0.29, 0.717) is 0 Å². The number of nitrogens with one attached hydrogen (secondary N) is 1. The zero-order valence-corrected chi connectivity index (χ0v) is 31.1. The summed E-state index contributed by atoms with van der Waals surface area (Å²) in [4.78, 5) is 6.35. The number of hydrogen-bond donors (Lipinski definition) is 1. The summed E-state index contributed by atoms with van der Waals surface area (Å²) in [6.07, 6.45) is 0. The Kier molecular flexibility index (Phi) is 7.82. The van der Waals surface area contributed by atoms with Gasteiger partial charge in [-0.25, -0.2) is 0 Å². The van der Waals surface area contributed by atoms with E-state index in [4.69, 9.17) is 4.42 Å². The number of nitrogens with zero attached hydrogens (tertiary/aromatic N) is 1. The average molecular weight is 729 g/mol. The molecule has 0 aliphatic carbocycles. The predicted octanol–water partition coefficient (Wildman–Crippen LogP) is 15.4. The largest absolute Gasteiger partial charge is 0.456 e. The number of benzene rings is 9. The summed E-state index contributed by atoms with van der Waals surface area (Å²) < 4.78 is 6.59. The fourth-order valence-electron chi connectivity index (χ4n) is 8.77. The molecule has 2 heterocycles. The Morgan fingerprint density at radius 3 is 1.74 bits per heavy atom. The van der Waals surface area contributed by atoms with E-state index in [2.05, 4.69) is 216 Å². The molecule has 268 valence electrons. The Labute approximate surface area is 330 Å². The van der Waals surface area contributed by atoms with E-state index < -0.39 is 0 Å². The minimum absolute atomic E-state index is 0.859. The summed E-state index contributed by atoms with van der Waals surface area (Å²) >= 11 is 0. The van der Waals surface area contributed by atoms with Crippen molar-refractivity contribution < 1.29 is 4.42 Å². The smallest absolute Gasteiger partial charge is 0.136 e. The van der Waals surface area contributed by atoms with E-state index >= 15 is 0 Å². The van der Waals surface area contributed by atoms with Gasteiger partial charge in [0.2, 0.25) is 0 Å². The highest BCUT2D eigenvalue weighted by Gasteiger charge is 2.27. The van der Waals surface area contributed by atoms with E-state index in [-0.39, 0.29) is 0 Å². The molecule has 11 rings (SSSR count). The van der Waals surface area contributed by atoms with Crippen LogP contribution in [-0.2, 0) is 0 Å². The molecule has 3 nitrogen and oxygen atoms in total. The number of anilines is 3. The van der Waals surface area contributed by atoms with Crippen molar-refractivity contribution in [3.8, 4) is 44.5 Å². The van der Waals surface area contributed by atoms with Gasteiger partial charge in [-0.2, -0.15) is 0 Å². The maximum Gasteiger partial charge on any atom is 0.136 e. The van der Waals surface area contributed by atoms with Crippen molar-refractivity contribution in [2.24, 2.45) is 0 Å². The standard InChI is InChI=1S/C54H36N2O/c1-4-18-36(19-5-1)39-24-11-14-30-47(39)56(38-22-8-3-9-23-38)48-31-16-27-45(51(48)44-28-17-33-50-52(44)43-26-12-15-32-49(43)57-50)53-40(37-20-6-2-7-21-37)34-35-42-41-25-10-13-29-46(41)55-54(42)53/h1-35,55H. The number of furan rings is 1. The number of fused-ring (bicyclic) bond motifs is 6. The summed E-state index contributed by atoms with van der Waals surface area (Å²) in [5.74, 6) is 0. The molecule has 9 aromatic carbocycles. The van der Waals surface area contributed by atoms with Crippen LogP contribution in [0.4, 0.5) is 17.1 Å². The van der Waals surface area contributed by atoms with Crippen LogP contribution in [0.2, 0.25) is 0 Å². The molecule has 0 saturated heterocycles. The Morgan fingerprint density at radius 2 is 0.930 bits per heavy atom. The molecular weight excluding hydrogens is 693 g/mol. The minimum Gasteiger partial charge on any atom is -0.456 e. The Hall–Kier alpha value is -7.62. The van der Waals surface area contributed by atoms with E-state index in [1.54, 1.807) is 0 Å². The number of H-pyrrole nitrogens is 1. The summed E-state index contributed by atoms with van der Waals surface area (Å²) in [6, 6.07) is 75.9. The molecule has 0 bridgehead atoms. The highest BCUT2D eigenvalue weighted by Crippen LogP contribution is 2.52. The van der Waals surface area contributed by atoms with Gasteiger partial charge < -0.3 is 14.3 Å². The number of aromatic nitrogens is 1. The molecule has 0 unspecified atom stereocenters. The number of hydrogen-bond acceptors (Lipinski definition) is 2. The van der Waals surface area contributed by atoms with Crippen molar-refractivity contribution in [3.63, 3.8) is 0 Å². The Bertz CT molecular complexity index is 3230. The van der Waals surface area contributed by atoms with Crippen LogP contribution in [0.1, 0.15) is 0 Å². The van der Waals surface area contributed by atoms with Gasteiger partial charge in [-0.05, 0) is 70.3 Å². The first-order valence-corrected chi connectivity index (χ1v) is 19.4. The van der Waals surface area contributed by atoms with Gasteiger partial charge in [-0.3, -0.25) is 0 Å². The third kappa shape index (κ3) is 5.43. The van der Waals surface area contributed by atoms with Crippen molar-refractivity contribution in [2.45, 2.75) is 0 Å². The first-order chi connectivity index (χ1) is 28.3. The fourth-order valence-corrected chi connectivity index (χ4v) is 8.77. The molecule has 0 fully saturated rings. The van der Waals surface area contributed by atoms with Gasteiger partial charge in [0.05, 0.1) is 16.9 Å². The SMILES string of the molecule is c1ccc(-c2ccccc2N(c2ccccc2)c2cccc(-c3c(-c4ccccc4)ccc4c3[nH]c3ccccc34)c2-c2cccc3oc4ccccc4c23)cc1.